The molecule has 0 fully saturated rings. The summed E-state index contributed by atoms with van der Waals surface area (Å²) in [4.78, 5) is 13.2. The number of hydrogen-bond donors (Lipinski definition) is 2. The van der Waals surface area contributed by atoms with Crippen LogP contribution in [0.4, 0.5) is 10.1 Å². The van der Waals surface area contributed by atoms with Crippen molar-refractivity contribution in [3.05, 3.63) is 76.1 Å². The minimum atomic E-state index is -0.722. The summed E-state index contributed by atoms with van der Waals surface area (Å²) in [5.74, 6) is -0.997. The van der Waals surface area contributed by atoms with E-state index in [-0.39, 0.29) is 34.4 Å². The van der Waals surface area contributed by atoms with Crippen LogP contribution in [0.15, 0.2) is 53.4 Å². The minimum absolute atomic E-state index is 0.0666. The number of carbonyl (C=O) groups excluding carboxylic acids is 1. The van der Waals surface area contributed by atoms with E-state index in [9.17, 15) is 4.79 Å². The standard InChI is InChI=1S/C22H17BClFN2O2S/c1-12-6-17(30)3-5-19(12)27-20(28)9-14-2-4-18(24)22(21(14)25)29-16-8-13(11-26)7-15(23)10-16/h2-8,10,30H,9,23H2,1H3,(H,27,28). The molecule has 1 N–H and O–H groups in total. The molecule has 3 aromatic carbocycles. The molecule has 0 spiro atoms. The summed E-state index contributed by atoms with van der Waals surface area (Å²) in [5, 5.41) is 11.9. The molecular weight excluding hydrogens is 422 g/mol. The average molecular weight is 439 g/mol. The van der Waals surface area contributed by atoms with E-state index in [0.717, 1.165) is 15.9 Å². The van der Waals surface area contributed by atoms with E-state index >= 15 is 4.39 Å². The molecular formula is C22H17BClFN2O2S. The number of nitriles is 1. The number of rotatable bonds is 5. The van der Waals surface area contributed by atoms with Crippen molar-refractivity contribution in [2.24, 2.45) is 0 Å². The van der Waals surface area contributed by atoms with Crippen molar-refractivity contribution >= 4 is 49.1 Å². The molecule has 0 atom stereocenters. The number of ether oxygens (including phenoxy) is 1. The van der Waals surface area contributed by atoms with Crippen LogP contribution < -0.4 is 15.5 Å². The van der Waals surface area contributed by atoms with Crippen LogP contribution in [0.2, 0.25) is 5.02 Å². The topological polar surface area (TPSA) is 62.1 Å². The summed E-state index contributed by atoms with van der Waals surface area (Å²) in [6.45, 7) is 1.85. The molecule has 0 aromatic heterocycles. The van der Waals surface area contributed by atoms with Gasteiger partial charge in [0.1, 0.15) is 13.6 Å². The first kappa shape index (κ1) is 21.8. The van der Waals surface area contributed by atoms with Gasteiger partial charge in [-0.25, -0.2) is 4.39 Å². The fraction of sp³-hybridized carbons (Fsp3) is 0.0909. The Kier molecular flexibility index (Phi) is 6.71. The van der Waals surface area contributed by atoms with Crippen LogP contribution in [-0.4, -0.2) is 13.8 Å². The highest BCUT2D eigenvalue weighted by molar-refractivity contribution is 7.80. The summed E-state index contributed by atoms with van der Waals surface area (Å²) >= 11 is 10.4. The smallest absolute Gasteiger partial charge is 0.228 e. The average Bonchev–Trinajstić information content (AvgIpc) is 2.69. The monoisotopic (exact) mass is 438 g/mol. The highest BCUT2D eigenvalue weighted by Gasteiger charge is 2.18. The van der Waals surface area contributed by atoms with Crippen molar-refractivity contribution < 1.29 is 13.9 Å². The highest BCUT2D eigenvalue weighted by atomic mass is 35.5. The Morgan fingerprint density at radius 1 is 1.27 bits per heavy atom. The van der Waals surface area contributed by atoms with Crippen molar-refractivity contribution in [2.45, 2.75) is 18.2 Å². The van der Waals surface area contributed by atoms with Gasteiger partial charge in [0.15, 0.2) is 11.6 Å². The third kappa shape index (κ3) is 5.15. The number of thiol groups is 1. The number of anilines is 1. The molecule has 0 saturated heterocycles. The van der Waals surface area contributed by atoms with E-state index in [2.05, 4.69) is 17.9 Å². The molecule has 0 heterocycles. The zero-order chi connectivity index (χ0) is 21.8. The number of halogens is 2. The fourth-order valence-electron chi connectivity index (χ4n) is 2.95. The van der Waals surface area contributed by atoms with Crippen molar-refractivity contribution in [2.75, 3.05) is 5.32 Å². The Bertz CT molecular complexity index is 1180. The second-order valence-corrected chi connectivity index (χ2v) is 7.75. The lowest BCUT2D eigenvalue weighted by Gasteiger charge is -2.13. The molecule has 0 unspecified atom stereocenters. The molecule has 8 heteroatoms. The molecule has 0 aliphatic carbocycles. The van der Waals surface area contributed by atoms with E-state index in [1.54, 1.807) is 32.1 Å². The van der Waals surface area contributed by atoms with Gasteiger partial charge in [-0.2, -0.15) is 5.26 Å². The van der Waals surface area contributed by atoms with E-state index in [1.165, 1.54) is 18.2 Å². The third-order valence-corrected chi connectivity index (χ3v) is 4.94. The number of nitrogens with one attached hydrogen (secondary N) is 1. The lowest BCUT2D eigenvalue weighted by atomic mass is 9.94. The maximum Gasteiger partial charge on any atom is 0.228 e. The first-order chi connectivity index (χ1) is 14.3. The maximum absolute atomic E-state index is 15.1. The molecule has 0 bridgehead atoms. The number of aryl methyl sites for hydroxylation is 1. The zero-order valence-electron chi connectivity index (χ0n) is 16.3. The highest BCUT2D eigenvalue weighted by Crippen LogP contribution is 2.34. The molecule has 0 aliphatic heterocycles. The van der Waals surface area contributed by atoms with Crippen LogP contribution in [0.25, 0.3) is 0 Å². The molecule has 0 saturated carbocycles. The van der Waals surface area contributed by atoms with E-state index < -0.39 is 5.82 Å². The molecule has 3 rings (SSSR count). The Hall–Kier alpha value is -2.95. The lowest BCUT2D eigenvalue weighted by Crippen LogP contribution is -2.16. The molecule has 4 nitrogen and oxygen atoms in total. The van der Waals surface area contributed by atoms with Crippen molar-refractivity contribution in [3.63, 3.8) is 0 Å². The van der Waals surface area contributed by atoms with Crippen LogP contribution >= 0.6 is 24.2 Å². The second kappa shape index (κ2) is 9.25. The number of amides is 1. The lowest BCUT2D eigenvalue weighted by molar-refractivity contribution is -0.115. The van der Waals surface area contributed by atoms with Gasteiger partial charge >= 0.3 is 0 Å². The maximum atomic E-state index is 15.1. The Balaban J connectivity index is 1.83. The van der Waals surface area contributed by atoms with Crippen LogP contribution in [0.1, 0.15) is 16.7 Å². The van der Waals surface area contributed by atoms with E-state index in [1.807, 2.05) is 19.1 Å². The summed E-state index contributed by atoms with van der Waals surface area (Å²) in [7, 11) is 1.80. The Labute approximate surface area is 185 Å². The summed E-state index contributed by atoms with van der Waals surface area (Å²) < 4.78 is 20.7. The van der Waals surface area contributed by atoms with Gasteiger partial charge in [-0.1, -0.05) is 29.2 Å². The molecule has 1 amide bonds. The van der Waals surface area contributed by atoms with Gasteiger partial charge in [0.25, 0.3) is 0 Å². The predicted octanol–water partition coefficient (Wildman–Crippen LogP) is 4.18. The largest absolute Gasteiger partial charge is 0.453 e. The minimum Gasteiger partial charge on any atom is -0.453 e. The molecule has 3 aromatic rings. The quantitative estimate of drug-likeness (QED) is 0.464. The summed E-state index contributed by atoms with van der Waals surface area (Å²) in [5.41, 5.74) is 2.80. The SMILES string of the molecule is Bc1cc(C#N)cc(Oc2c(Cl)ccc(CC(=O)Nc3ccc(S)cc3C)c2F)c1. The van der Waals surface area contributed by atoms with Crippen LogP contribution in [0, 0.1) is 24.1 Å². The van der Waals surface area contributed by atoms with E-state index in [0.29, 0.717) is 11.3 Å². The predicted molar refractivity (Wildman–Crippen MR) is 122 cm³/mol. The van der Waals surface area contributed by atoms with Gasteiger partial charge in [-0.05, 0) is 48.9 Å². The first-order valence-electron chi connectivity index (χ1n) is 9.03. The molecule has 30 heavy (non-hydrogen) atoms. The molecule has 0 aliphatic rings. The van der Waals surface area contributed by atoms with Crippen LogP contribution in [0.3, 0.4) is 0 Å². The van der Waals surface area contributed by atoms with Crippen LogP contribution in [-0.2, 0) is 11.2 Å². The molecule has 150 valence electrons. The summed E-state index contributed by atoms with van der Waals surface area (Å²) in [6, 6.07) is 15.1. The Morgan fingerprint density at radius 2 is 2.03 bits per heavy atom. The first-order valence-corrected chi connectivity index (χ1v) is 9.85. The van der Waals surface area contributed by atoms with Crippen LogP contribution in [0.5, 0.6) is 11.5 Å². The van der Waals surface area contributed by atoms with Gasteiger partial charge in [0.05, 0.1) is 23.1 Å². The number of benzene rings is 3. The normalized spacial score (nSPS) is 10.4. The summed E-state index contributed by atoms with van der Waals surface area (Å²) in [6.07, 6.45) is -0.196. The second-order valence-electron chi connectivity index (χ2n) is 6.82. The van der Waals surface area contributed by atoms with Crippen molar-refractivity contribution in [1.29, 1.82) is 5.26 Å². The van der Waals surface area contributed by atoms with Gasteiger partial charge < -0.3 is 10.1 Å². The van der Waals surface area contributed by atoms with Crippen molar-refractivity contribution in [1.82, 2.24) is 0 Å². The van der Waals surface area contributed by atoms with Gasteiger partial charge in [0, 0.05) is 16.1 Å². The number of nitrogens with zero attached hydrogens (tertiary/aromatic N) is 1. The van der Waals surface area contributed by atoms with Gasteiger partial charge in [-0.15, -0.1) is 12.6 Å². The zero-order valence-corrected chi connectivity index (χ0v) is 17.9. The van der Waals surface area contributed by atoms with Crippen molar-refractivity contribution in [3.8, 4) is 17.6 Å². The van der Waals surface area contributed by atoms with Gasteiger partial charge in [-0.3, -0.25) is 4.79 Å². The Morgan fingerprint density at radius 3 is 2.73 bits per heavy atom. The number of carbonyl (C=O) groups is 1. The van der Waals surface area contributed by atoms with E-state index in [4.69, 9.17) is 21.6 Å². The fourth-order valence-corrected chi connectivity index (χ4v) is 3.40. The number of hydrogen-bond acceptors (Lipinski definition) is 4. The molecule has 0 radical (unpaired) electrons. The van der Waals surface area contributed by atoms with Gasteiger partial charge in [0.2, 0.25) is 5.91 Å². The third-order valence-electron chi connectivity index (χ3n) is 4.36.